The fourth-order valence-corrected chi connectivity index (χ4v) is 2.52. The predicted octanol–water partition coefficient (Wildman–Crippen LogP) is 3.76. The highest BCUT2D eigenvalue weighted by atomic mass is 35.5. The van der Waals surface area contributed by atoms with Crippen LogP contribution in [0.5, 0.6) is 0 Å². The summed E-state index contributed by atoms with van der Waals surface area (Å²) in [6.45, 7) is 2.15. The van der Waals surface area contributed by atoms with Crippen LogP contribution in [0.25, 0.3) is 0 Å². The van der Waals surface area contributed by atoms with E-state index in [-0.39, 0.29) is 5.97 Å². The Balaban J connectivity index is 1.93. The summed E-state index contributed by atoms with van der Waals surface area (Å²) >= 11 is 7.32. The molecule has 0 spiro atoms. The van der Waals surface area contributed by atoms with Gasteiger partial charge < -0.3 is 4.74 Å². The van der Waals surface area contributed by atoms with Crippen LogP contribution in [0, 0.1) is 0 Å². The first kappa shape index (κ1) is 14.0. The summed E-state index contributed by atoms with van der Waals surface area (Å²) in [7, 11) is 0. The molecule has 2 rings (SSSR count). The van der Waals surface area contributed by atoms with Gasteiger partial charge in [0.15, 0.2) is 5.69 Å². The Bertz CT molecular complexity index is 551. The number of rotatable bonds is 5. The number of benzene rings is 1. The second kappa shape index (κ2) is 6.68. The number of carbonyl (C=O) groups is 1. The number of aromatic nitrogens is 1. The van der Waals surface area contributed by atoms with Gasteiger partial charge in [-0.05, 0) is 31.0 Å². The van der Waals surface area contributed by atoms with Gasteiger partial charge in [0.05, 0.1) is 11.6 Å². The monoisotopic (exact) mass is 295 g/mol. The number of hydrogen-bond acceptors (Lipinski definition) is 4. The van der Waals surface area contributed by atoms with Crippen molar-refractivity contribution in [3.8, 4) is 0 Å². The van der Waals surface area contributed by atoms with Crippen LogP contribution in [0.2, 0.25) is 5.02 Å². The molecule has 0 radical (unpaired) electrons. The average Bonchev–Trinajstić information content (AvgIpc) is 2.87. The van der Waals surface area contributed by atoms with Gasteiger partial charge in [-0.25, -0.2) is 9.78 Å². The maximum Gasteiger partial charge on any atom is 0.357 e. The van der Waals surface area contributed by atoms with Gasteiger partial charge in [0.2, 0.25) is 0 Å². The van der Waals surface area contributed by atoms with Crippen LogP contribution in [0.1, 0.15) is 28.0 Å². The highest BCUT2D eigenvalue weighted by molar-refractivity contribution is 7.09. The van der Waals surface area contributed by atoms with Crippen molar-refractivity contribution in [2.45, 2.75) is 19.8 Å². The molecule has 0 bridgehead atoms. The molecule has 0 atom stereocenters. The maximum atomic E-state index is 11.5. The molecule has 0 aliphatic rings. The largest absolute Gasteiger partial charge is 0.461 e. The third kappa shape index (κ3) is 4.04. The van der Waals surface area contributed by atoms with Gasteiger partial charge in [0, 0.05) is 16.8 Å². The third-order valence-corrected chi connectivity index (χ3v) is 3.74. The van der Waals surface area contributed by atoms with E-state index in [4.69, 9.17) is 16.3 Å². The van der Waals surface area contributed by atoms with E-state index in [1.807, 2.05) is 24.3 Å². The minimum absolute atomic E-state index is 0.350. The van der Waals surface area contributed by atoms with Gasteiger partial charge in [-0.1, -0.05) is 23.7 Å². The standard InChI is InChI=1S/C14H14ClNO2S/c1-2-18-14(17)12-9-19-13(16-12)8-5-10-3-6-11(15)7-4-10/h3-4,6-7,9H,2,5,8H2,1H3. The van der Waals surface area contributed by atoms with Crippen LogP contribution >= 0.6 is 22.9 Å². The molecule has 2 aromatic rings. The van der Waals surface area contributed by atoms with Crippen molar-refractivity contribution in [2.24, 2.45) is 0 Å². The van der Waals surface area contributed by atoms with Crippen LogP contribution < -0.4 is 0 Å². The molecule has 0 aliphatic heterocycles. The van der Waals surface area contributed by atoms with Crippen molar-refractivity contribution >= 4 is 28.9 Å². The molecule has 100 valence electrons. The smallest absolute Gasteiger partial charge is 0.357 e. The molecule has 0 fully saturated rings. The highest BCUT2D eigenvalue weighted by Crippen LogP contribution is 2.15. The van der Waals surface area contributed by atoms with Crippen molar-refractivity contribution in [3.05, 3.63) is 50.9 Å². The molecule has 0 aliphatic carbocycles. The zero-order valence-electron chi connectivity index (χ0n) is 10.6. The fourth-order valence-electron chi connectivity index (χ4n) is 1.63. The minimum atomic E-state index is -0.350. The van der Waals surface area contributed by atoms with Gasteiger partial charge in [-0.3, -0.25) is 0 Å². The molecular formula is C14H14ClNO2S. The Morgan fingerprint density at radius 3 is 2.74 bits per heavy atom. The number of hydrogen-bond donors (Lipinski definition) is 0. The summed E-state index contributed by atoms with van der Waals surface area (Å²) in [5, 5.41) is 3.43. The molecule has 1 heterocycles. The fraction of sp³-hybridized carbons (Fsp3) is 0.286. The van der Waals surface area contributed by atoms with Crippen molar-refractivity contribution in [1.29, 1.82) is 0 Å². The number of thiazole rings is 1. The molecule has 19 heavy (non-hydrogen) atoms. The van der Waals surface area contributed by atoms with E-state index >= 15 is 0 Å². The van der Waals surface area contributed by atoms with Crippen molar-refractivity contribution in [1.82, 2.24) is 4.98 Å². The lowest BCUT2D eigenvalue weighted by Gasteiger charge is -1.99. The van der Waals surface area contributed by atoms with Crippen LogP contribution in [0.3, 0.4) is 0 Å². The minimum Gasteiger partial charge on any atom is -0.461 e. The van der Waals surface area contributed by atoms with E-state index in [1.165, 1.54) is 16.9 Å². The van der Waals surface area contributed by atoms with E-state index < -0.39 is 0 Å². The summed E-state index contributed by atoms with van der Waals surface area (Å²) in [6.07, 6.45) is 1.69. The highest BCUT2D eigenvalue weighted by Gasteiger charge is 2.11. The first-order chi connectivity index (χ1) is 9.19. The molecule has 3 nitrogen and oxygen atoms in total. The summed E-state index contributed by atoms with van der Waals surface area (Å²) in [5.41, 5.74) is 1.61. The number of ether oxygens (including phenoxy) is 1. The summed E-state index contributed by atoms with van der Waals surface area (Å²) in [6, 6.07) is 7.76. The lowest BCUT2D eigenvalue weighted by Crippen LogP contribution is -2.05. The number of carbonyl (C=O) groups excluding carboxylic acids is 1. The van der Waals surface area contributed by atoms with Gasteiger partial charge in [-0.2, -0.15) is 0 Å². The summed E-state index contributed by atoms with van der Waals surface area (Å²) in [5.74, 6) is -0.350. The van der Waals surface area contributed by atoms with Crippen molar-refractivity contribution in [2.75, 3.05) is 6.61 Å². The Kier molecular flexibility index (Phi) is 4.93. The maximum absolute atomic E-state index is 11.5. The second-order valence-corrected chi connectivity index (χ2v) is 5.35. The summed E-state index contributed by atoms with van der Waals surface area (Å²) < 4.78 is 4.91. The first-order valence-corrected chi connectivity index (χ1v) is 7.30. The van der Waals surface area contributed by atoms with Gasteiger partial charge in [0.25, 0.3) is 0 Å². The second-order valence-electron chi connectivity index (χ2n) is 3.97. The number of aryl methyl sites for hydroxylation is 2. The van der Waals surface area contributed by atoms with Crippen LogP contribution in [0.15, 0.2) is 29.6 Å². The van der Waals surface area contributed by atoms with E-state index in [2.05, 4.69) is 4.98 Å². The molecule has 5 heteroatoms. The third-order valence-electron chi connectivity index (χ3n) is 2.58. The zero-order valence-corrected chi connectivity index (χ0v) is 12.1. The SMILES string of the molecule is CCOC(=O)c1csc(CCc2ccc(Cl)cc2)n1. The molecular weight excluding hydrogens is 282 g/mol. The Hall–Kier alpha value is -1.39. The predicted molar refractivity (Wildman–Crippen MR) is 76.9 cm³/mol. The molecule has 0 N–H and O–H groups in total. The Labute approximate surface area is 121 Å². The van der Waals surface area contributed by atoms with Gasteiger partial charge in [-0.15, -0.1) is 11.3 Å². The molecule has 0 unspecified atom stereocenters. The number of nitrogens with zero attached hydrogens (tertiary/aromatic N) is 1. The average molecular weight is 296 g/mol. The van der Waals surface area contributed by atoms with E-state index in [0.717, 1.165) is 22.9 Å². The molecule has 0 saturated carbocycles. The Morgan fingerprint density at radius 2 is 2.05 bits per heavy atom. The molecule has 1 aromatic carbocycles. The summed E-state index contributed by atoms with van der Waals surface area (Å²) in [4.78, 5) is 15.8. The molecule has 1 aromatic heterocycles. The number of halogens is 1. The van der Waals surface area contributed by atoms with Crippen molar-refractivity contribution < 1.29 is 9.53 Å². The first-order valence-electron chi connectivity index (χ1n) is 6.05. The molecule has 0 amide bonds. The van der Waals surface area contributed by atoms with Crippen LogP contribution in [-0.2, 0) is 17.6 Å². The van der Waals surface area contributed by atoms with Gasteiger partial charge in [0.1, 0.15) is 0 Å². The topological polar surface area (TPSA) is 39.2 Å². The van der Waals surface area contributed by atoms with Gasteiger partial charge >= 0.3 is 5.97 Å². The molecule has 0 saturated heterocycles. The normalized spacial score (nSPS) is 10.4. The van der Waals surface area contributed by atoms with E-state index in [9.17, 15) is 4.79 Å². The van der Waals surface area contributed by atoms with E-state index in [0.29, 0.717) is 12.3 Å². The lowest BCUT2D eigenvalue weighted by molar-refractivity contribution is 0.0520. The van der Waals surface area contributed by atoms with E-state index in [1.54, 1.807) is 12.3 Å². The quantitative estimate of drug-likeness (QED) is 0.789. The van der Waals surface area contributed by atoms with Crippen molar-refractivity contribution in [3.63, 3.8) is 0 Å². The van der Waals surface area contributed by atoms with Crippen LogP contribution in [-0.4, -0.2) is 17.6 Å². The van der Waals surface area contributed by atoms with Crippen LogP contribution in [0.4, 0.5) is 0 Å². The zero-order chi connectivity index (χ0) is 13.7. The Morgan fingerprint density at radius 1 is 1.32 bits per heavy atom. The number of esters is 1. The lowest BCUT2D eigenvalue weighted by atomic mass is 10.1.